The average molecular weight is 450 g/mol. The van der Waals surface area contributed by atoms with Crippen LogP contribution in [0.25, 0.3) is 11.3 Å². The standard InChI is InChI=1S/C24H25N3O3.CH2O2/c1-16-22(23(26-30-16)19-11-7-4-8-12-19)24(29)27-14-13-20(18-9-5-3-6-10-18)21(15-27)25-17(2)28;2-1-3/h3-12,20-21H,13-15H2,1-2H3,(H,25,28);1H,(H,2,3)/t20-,21-;/m0./s1. The second-order valence-electron chi connectivity index (χ2n) is 7.80. The van der Waals surface area contributed by atoms with Crippen molar-refractivity contribution < 1.29 is 24.0 Å². The minimum atomic E-state index is -0.250. The topological polar surface area (TPSA) is 113 Å². The molecule has 4 rings (SSSR count). The lowest BCUT2D eigenvalue weighted by molar-refractivity contribution is -0.123. The smallest absolute Gasteiger partial charge is 0.290 e. The number of benzene rings is 2. The molecule has 33 heavy (non-hydrogen) atoms. The molecule has 0 aliphatic carbocycles. The molecule has 2 N–H and O–H groups in total. The fraction of sp³-hybridized carbons (Fsp3) is 0.280. The summed E-state index contributed by atoms with van der Waals surface area (Å²) in [5.41, 5.74) is 3.06. The number of nitrogens with zero attached hydrogens (tertiary/aromatic N) is 2. The molecule has 8 nitrogen and oxygen atoms in total. The molecule has 8 heteroatoms. The van der Waals surface area contributed by atoms with E-state index in [1.165, 1.54) is 12.5 Å². The third-order valence-electron chi connectivity index (χ3n) is 5.64. The largest absolute Gasteiger partial charge is 0.483 e. The molecule has 172 valence electrons. The minimum absolute atomic E-state index is 0.0960. The summed E-state index contributed by atoms with van der Waals surface area (Å²) in [4.78, 5) is 35.5. The highest BCUT2D eigenvalue weighted by molar-refractivity contribution is 6.00. The van der Waals surface area contributed by atoms with Crippen LogP contribution in [0.2, 0.25) is 0 Å². The third-order valence-corrected chi connectivity index (χ3v) is 5.64. The fourth-order valence-electron chi connectivity index (χ4n) is 4.22. The van der Waals surface area contributed by atoms with Crippen LogP contribution in [0.4, 0.5) is 0 Å². The number of aromatic nitrogens is 1. The fourth-order valence-corrected chi connectivity index (χ4v) is 4.22. The van der Waals surface area contributed by atoms with Crippen LogP contribution in [-0.2, 0) is 9.59 Å². The maximum absolute atomic E-state index is 13.5. The van der Waals surface area contributed by atoms with Crippen LogP contribution < -0.4 is 5.32 Å². The number of piperidine rings is 1. The number of likely N-dealkylation sites (tertiary alicyclic amines) is 1. The van der Waals surface area contributed by atoms with Gasteiger partial charge in [-0.2, -0.15) is 0 Å². The second kappa shape index (κ2) is 11.1. The van der Waals surface area contributed by atoms with Crippen LogP contribution in [0.5, 0.6) is 0 Å². The Kier molecular flexibility index (Phi) is 7.96. The Labute approximate surface area is 192 Å². The molecule has 0 radical (unpaired) electrons. The predicted octanol–water partition coefficient (Wildman–Crippen LogP) is 3.49. The number of nitrogens with one attached hydrogen (secondary N) is 1. The lowest BCUT2D eigenvalue weighted by Crippen LogP contribution is -2.52. The van der Waals surface area contributed by atoms with Gasteiger partial charge in [-0.05, 0) is 18.9 Å². The van der Waals surface area contributed by atoms with Gasteiger partial charge in [0.05, 0.1) is 6.04 Å². The number of hydrogen-bond donors (Lipinski definition) is 2. The van der Waals surface area contributed by atoms with Crippen molar-refractivity contribution in [3.05, 3.63) is 77.6 Å². The van der Waals surface area contributed by atoms with Crippen molar-refractivity contribution in [2.24, 2.45) is 0 Å². The SMILES string of the molecule is CC(=O)N[C@H]1CN(C(=O)c2c(-c3ccccc3)noc2C)CC[C@H]1c1ccccc1.O=CO. The van der Waals surface area contributed by atoms with Crippen molar-refractivity contribution in [1.29, 1.82) is 0 Å². The normalized spacial score (nSPS) is 17.5. The molecule has 1 saturated heterocycles. The van der Waals surface area contributed by atoms with Crippen LogP contribution in [0.15, 0.2) is 65.2 Å². The highest BCUT2D eigenvalue weighted by Crippen LogP contribution is 2.31. The number of rotatable bonds is 4. The zero-order chi connectivity index (χ0) is 23.8. The van der Waals surface area contributed by atoms with Gasteiger partial charge in [-0.25, -0.2) is 0 Å². The van der Waals surface area contributed by atoms with Crippen molar-refractivity contribution in [2.75, 3.05) is 13.1 Å². The maximum Gasteiger partial charge on any atom is 0.290 e. The van der Waals surface area contributed by atoms with Crippen molar-refractivity contribution in [3.8, 4) is 11.3 Å². The minimum Gasteiger partial charge on any atom is -0.483 e. The number of carbonyl (C=O) groups excluding carboxylic acids is 2. The van der Waals surface area contributed by atoms with Gasteiger partial charge in [0.1, 0.15) is 17.0 Å². The van der Waals surface area contributed by atoms with Crippen LogP contribution in [-0.4, -0.2) is 52.6 Å². The van der Waals surface area contributed by atoms with Crippen LogP contribution >= 0.6 is 0 Å². The van der Waals surface area contributed by atoms with Crippen molar-refractivity contribution in [1.82, 2.24) is 15.4 Å². The number of carbonyl (C=O) groups is 3. The highest BCUT2D eigenvalue weighted by atomic mass is 16.5. The Morgan fingerprint density at radius 1 is 1.12 bits per heavy atom. The first-order chi connectivity index (χ1) is 16.0. The molecule has 2 aromatic carbocycles. The third kappa shape index (κ3) is 5.65. The van der Waals surface area contributed by atoms with Crippen molar-refractivity contribution >= 4 is 18.3 Å². The van der Waals surface area contributed by atoms with E-state index in [1.54, 1.807) is 11.8 Å². The van der Waals surface area contributed by atoms with Gasteiger partial charge in [0.25, 0.3) is 12.4 Å². The molecule has 1 aliphatic rings. The number of hydrogen-bond acceptors (Lipinski definition) is 5. The maximum atomic E-state index is 13.5. The first kappa shape index (κ1) is 23.7. The van der Waals surface area contributed by atoms with E-state index >= 15 is 0 Å². The van der Waals surface area contributed by atoms with Gasteiger partial charge in [-0.15, -0.1) is 0 Å². The van der Waals surface area contributed by atoms with Crippen LogP contribution in [0.3, 0.4) is 0 Å². The van der Waals surface area contributed by atoms with Gasteiger partial charge in [0.15, 0.2) is 0 Å². The molecule has 0 saturated carbocycles. The molecule has 0 spiro atoms. The second-order valence-corrected chi connectivity index (χ2v) is 7.80. The Bertz CT molecular complexity index is 1080. The molecule has 1 fully saturated rings. The molecule has 2 amide bonds. The van der Waals surface area contributed by atoms with Gasteiger partial charge >= 0.3 is 0 Å². The molecule has 0 unspecified atom stereocenters. The van der Waals surface area contributed by atoms with Crippen molar-refractivity contribution in [3.63, 3.8) is 0 Å². The van der Waals surface area contributed by atoms with Gasteiger partial charge in [0, 0.05) is 31.5 Å². The molecule has 2 atom stereocenters. The zero-order valence-electron chi connectivity index (χ0n) is 18.6. The molecular formula is C25H27N3O5. The van der Waals surface area contributed by atoms with Gasteiger partial charge in [-0.1, -0.05) is 65.8 Å². The summed E-state index contributed by atoms with van der Waals surface area (Å²) in [5.74, 6) is 0.451. The van der Waals surface area contributed by atoms with E-state index < -0.39 is 0 Å². The van der Waals surface area contributed by atoms with E-state index in [9.17, 15) is 9.59 Å². The quantitative estimate of drug-likeness (QED) is 0.590. The molecule has 2 heterocycles. The van der Waals surface area contributed by atoms with Crippen LogP contribution in [0, 0.1) is 6.92 Å². The Morgan fingerprint density at radius 2 is 1.73 bits per heavy atom. The van der Waals surface area contributed by atoms with Gasteiger partial charge in [0.2, 0.25) is 5.91 Å². The molecule has 3 aromatic rings. The summed E-state index contributed by atoms with van der Waals surface area (Å²) >= 11 is 0. The first-order valence-corrected chi connectivity index (χ1v) is 10.7. The van der Waals surface area contributed by atoms with E-state index in [-0.39, 0.29) is 30.2 Å². The number of carboxylic acid groups (broad SMARTS) is 1. The molecule has 1 aliphatic heterocycles. The van der Waals surface area contributed by atoms with Crippen molar-refractivity contribution in [2.45, 2.75) is 32.2 Å². The van der Waals surface area contributed by atoms with Gasteiger partial charge < -0.3 is 19.8 Å². The average Bonchev–Trinajstić information content (AvgIpc) is 3.21. The Hall–Kier alpha value is -3.94. The van der Waals surface area contributed by atoms with E-state index in [0.29, 0.717) is 30.1 Å². The summed E-state index contributed by atoms with van der Waals surface area (Å²) in [6.45, 7) is 4.07. The van der Waals surface area contributed by atoms with E-state index in [4.69, 9.17) is 14.4 Å². The molecule has 0 bridgehead atoms. The molecular weight excluding hydrogens is 422 g/mol. The number of aryl methyl sites for hydroxylation is 1. The summed E-state index contributed by atoms with van der Waals surface area (Å²) in [5, 5.41) is 14.1. The number of amides is 2. The summed E-state index contributed by atoms with van der Waals surface area (Å²) in [6, 6.07) is 19.6. The van der Waals surface area contributed by atoms with Gasteiger partial charge in [-0.3, -0.25) is 14.4 Å². The Balaban J connectivity index is 0.000000968. The monoisotopic (exact) mass is 449 g/mol. The van der Waals surface area contributed by atoms with Crippen LogP contribution in [0.1, 0.15) is 40.9 Å². The summed E-state index contributed by atoms with van der Waals surface area (Å²) in [6.07, 6.45) is 0.770. The highest BCUT2D eigenvalue weighted by Gasteiger charge is 2.35. The zero-order valence-corrected chi connectivity index (χ0v) is 18.6. The predicted molar refractivity (Wildman–Crippen MR) is 123 cm³/mol. The lowest BCUT2D eigenvalue weighted by Gasteiger charge is -2.39. The Morgan fingerprint density at radius 3 is 2.33 bits per heavy atom. The lowest BCUT2D eigenvalue weighted by atomic mass is 9.85. The summed E-state index contributed by atoms with van der Waals surface area (Å²) in [7, 11) is 0. The summed E-state index contributed by atoms with van der Waals surface area (Å²) < 4.78 is 5.38. The molecule has 1 aromatic heterocycles. The van der Waals surface area contributed by atoms with E-state index in [2.05, 4.69) is 22.6 Å². The first-order valence-electron chi connectivity index (χ1n) is 10.7. The van der Waals surface area contributed by atoms with E-state index in [0.717, 1.165) is 12.0 Å². The van der Waals surface area contributed by atoms with E-state index in [1.807, 2.05) is 48.5 Å².